The number of nitrogens with two attached hydrogens (primary N) is 1. The highest BCUT2D eigenvalue weighted by molar-refractivity contribution is 8.04. The molecule has 0 saturated heterocycles. The van der Waals surface area contributed by atoms with Crippen molar-refractivity contribution in [3.63, 3.8) is 0 Å². The number of thioether (sulfide) groups is 1. The first-order chi connectivity index (χ1) is 11.7. The maximum Gasteiger partial charge on any atom is 0.259 e. The zero-order valence-electron chi connectivity index (χ0n) is 13.5. The van der Waals surface area contributed by atoms with Crippen LogP contribution >= 0.6 is 24.2 Å². The topological polar surface area (TPSA) is 113 Å². The number of carbonyl (C=O) groups is 1. The third-order valence-electron chi connectivity index (χ3n) is 4.44. The van der Waals surface area contributed by atoms with Crippen molar-refractivity contribution >= 4 is 47.1 Å². The van der Waals surface area contributed by atoms with E-state index in [9.17, 15) is 4.79 Å². The van der Waals surface area contributed by atoms with Crippen LogP contribution in [0.3, 0.4) is 0 Å². The van der Waals surface area contributed by atoms with E-state index in [0.717, 1.165) is 31.6 Å². The second kappa shape index (κ2) is 7.59. The number of imidazole rings is 1. The van der Waals surface area contributed by atoms with E-state index >= 15 is 0 Å². The van der Waals surface area contributed by atoms with Crippen LogP contribution in [0.2, 0.25) is 0 Å². The molecule has 0 unspecified atom stereocenters. The Balaban J connectivity index is 0.00000182. The molecule has 10 heteroatoms. The van der Waals surface area contributed by atoms with Gasteiger partial charge in [0.25, 0.3) is 5.91 Å². The molecule has 2 atom stereocenters. The monoisotopic (exact) mass is 381 g/mol. The van der Waals surface area contributed by atoms with Crippen LogP contribution in [-0.2, 0) is 4.79 Å². The van der Waals surface area contributed by atoms with Crippen LogP contribution in [0.15, 0.2) is 23.8 Å². The lowest BCUT2D eigenvalue weighted by Crippen LogP contribution is -2.44. The van der Waals surface area contributed by atoms with E-state index in [2.05, 4.69) is 25.3 Å². The highest BCUT2D eigenvalue weighted by Crippen LogP contribution is 2.28. The molecule has 0 radical (unpaired) electrons. The second-order valence-electron chi connectivity index (χ2n) is 6.01. The Labute approximate surface area is 155 Å². The molecule has 4 rings (SSSR count). The number of amides is 1. The van der Waals surface area contributed by atoms with Crippen LogP contribution in [0, 0.1) is 0 Å². The van der Waals surface area contributed by atoms with Crippen LogP contribution in [0.4, 0.5) is 5.82 Å². The summed E-state index contributed by atoms with van der Waals surface area (Å²) >= 11 is 1.56. The van der Waals surface area contributed by atoms with Gasteiger partial charge in [0.2, 0.25) is 0 Å². The SMILES string of the molecule is Cl.N[C@H]1CCC[C@H]1NC(=O)C1=CN(c2ncnc3[nH]cnc23)CCS1. The Morgan fingerprint density at radius 2 is 2.24 bits per heavy atom. The van der Waals surface area contributed by atoms with Crippen molar-refractivity contribution in [2.45, 2.75) is 31.3 Å². The van der Waals surface area contributed by atoms with Crippen molar-refractivity contribution in [1.82, 2.24) is 25.3 Å². The second-order valence-corrected chi connectivity index (χ2v) is 7.14. The number of fused-ring (bicyclic) bond motifs is 1. The number of H-pyrrole nitrogens is 1. The van der Waals surface area contributed by atoms with Crippen LogP contribution in [0.25, 0.3) is 11.2 Å². The zero-order chi connectivity index (χ0) is 16.5. The van der Waals surface area contributed by atoms with E-state index in [1.165, 1.54) is 6.33 Å². The van der Waals surface area contributed by atoms with Gasteiger partial charge in [-0.25, -0.2) is 15.0 Å². The number of anilines is 1. The number of hydrogen-bond donors (Lipinski definition) is 3. The number of nitrogens with zero attached hydrogens (tertiary/aromatic N) is 4. The molecule has 1 saturated carbocycles. The van der Waals surface area contributed by atoms with Gasteiger partial charge >= 0.3 is 0 Å². The molecular formula is C15H20ClN7OS. The number of aromatic nitrogens is 4. The summed E-state index contributed by atoms with van der Waals surface area (Å²) in [6.07, 6.45) is 7.95. The van der Waals surface area contributed by atoms with Crippen LogP contribution in [0.5, 0.6) is 0 Å². The molecule has 3 heterocycles. The van der Waals surface area contributed by atoms with Gasteiger partial charge < -0.3 is 20.9 Å². The lowest BCUT2D eigenvalue weighted by molar-refractivity contribution is -0.117. The fourth-order valence-electron chi connectivity index (χ4n) is 3.16. The number of halogens is 1. The number of aromatic amines is 1. The van der Waals surface area contributed by atoms with E-state index in [0.29, 0.717) is 21.9 Å². The Kier molecular flexibility index (Phi) is 5.45. The summed E-state index contributed by atoms with van der Waals surface area (Å²) in [5.74, 6) is 1.47. The molecule has 1 amide bonds. The van der Waals surface area contributed by atoms with Crippen molar-refractivity contribution in [1.29, 1.82) is 0 Å². The number of rotatable bonds is 3. The normalized spacial score (nSPS) is 23.2. The van der Waals surface area contributed by atoms with Gasteiger partial charge in [0.15, 0.2) is 17.0 Å². The third-order valence-corrected chi connectivity index (χ3v) is 5.43. The maximum atomic E-state index is 12.6. The summed E-state index contributed by atoms with van der Waals surface area (Å²) in [7, 11) is 0. The highest BCUT2D eigenvalue weighted by Gasteiger charge is 2.28. The average molecular weight is 382 g/mol. The standard InChI is InChI=1S/C15H19N7OS.ClH/c16-9-2-1-3-10(9)21-15(23)11-6-22(4-5-24-11)14-12-13(18-7-17-12)19-8-20-14;/h6-10H,1-5,16H2,(H,21,23)(H,17,18,19,20);1H/t9-,10+;/m0./s1. The minimum atomic E-state index is -0.0561. The van der Waals surface area contributed by atoms with Gasteiger partial charge in [-0.3, -0.25) is 4.79 Å². The summed E-state index contributed by atoms with van der Waals surface area (Å²) in [5.41, 5.74) is 7.44. The summed E-state index contributed by atoms with van der Waals surface area (Å²) in [4.78, 5) is 31.0. The molecule has 134 valence electrons. The molecule has 1 aliphatic carbocycles. The van der Waals surface area contributed by atoms with Crippen molar-refractivity contribution in [3.8, 4) is 0 Å². The van der Waals surface area contributed by atoms with Crippen molar-refractivity contribution < 1.29 is 4.79 Å². The summed E-state index contributed by atoms with van der Waals surface area (Å²) < 4.78 is 0. The predicted molar refractivity (Wildman–Crippen MR) is 101 cm³/mol. The molecule has 2 aromatic heterocycles. The molecular weight excluding hydrogens is 362 g/mol. The van der Waals surface area contributed by atoms with Gasteiger partial charge in [0, 0.05) is 30.6 Å². The number of hydrogen-bond acceptors (Lipinski definition) is 7. The summed E-state index contributed by atoms with van der Waals surface area (Å²) in [6, 6.07) is 0.135. The van der Waals surface area contributed by atoms with Gasteiger partial charge in [-0.15, -0.1) is 24.2 Å². The lowest BCUT2D eigenvalue weighted by Gasteiger charge is -2.26. The molecule has 2 aliphatic rings. The largest absolute Gasteiger partial charge is 0.347 e. The average Bonchev–Trinajstić information content (AvgIpc) is 3.24. The first kappa shape index (κ1) is 18.0. The smallest absolute Gasteiger partial charge is 0.259 e. The number of nitrogens with one attached hydrogen (secondary N) is 2. The first-order valence-electron chi connectivity index (χ1n) is 8.04. The van der Waals surface area contributed by atoms with Gasteiger partial charge in [0.05, 0.1) is 11.2 Å². The molecule has 0 aromatic carbocycles. The first-order valence-corrected chi connectivity index (χ1v) is 9.03. The highest BCUT2D eigenvalue weighted by atomic mass is 35.5. The van der Waals surface area contributed by atoms with Gasteiger partial charge in [0.1, 0.15) is 6.33 Å². The molecule has 0 spiro atoms. The molecule has 2 aromatic rings. The Morgan fingerprint density at radius 3 is 3.04 bits per heavy atom. The molecule has 8 nitrogen and oxygen atoms in total. The Bertz CT molecular complexity index is 795. The minimum Gasteiger partial charge on any atom is -0.347 e. The fourth-order valence-corrected chi connectivity index (χ4v) is 4.06. The van der Waals surface area contributed by atoms with Crippen LogP contribution < -0.4 is 16.0 Å². The van der Waals surface area contributed by atoms with E-state index in [1.54, 1.807) is 18.1 Å². The fraction of sp³-hybridized carbons (Fsp3) is 0.467. The summed E-state index contributed by atoms with van der Waals surface area (Å²) in [6.45, 7) is 0.767. The van der Waals surface area contributed by atoms with Gasteiger partial charge in [-0.2, -0.15) is 0 Å². The van der Waals surface area contributed by atoms with E-state index < -0.39 is 0 Å². The maximum absolute atomic E-state index is 12.6. The lowest BCUT2D eigenvalue weighted by atomic mass is 10.2. The van der Waals surface area contributed by atoms with Crippen molar-refractivity contribution in [2.75, 3.05) is 17.2 Å². The predicted octanol–water partition coefficient (Wildman–Crippen LogP) is 1.17. The Hall–Kier alpha value is -1.84. The van der Waals surface area contributed by atoms with Crippen molar-refractivity contribution in [3.05, 3.63) is 23.8 Å². The summed E-state index contributed by atoms with van der Waals surface area (Å²) in [5, 5.41) is 3.07. The van der Waals surface area contributed by atoms with E-state index in [-0.39, 0.29) is 30.4 Å². The van der Waals surface area contributed by atoms with E-state index in [4.69, 9.17) is 5.73 Å². The Morgan fingerprint density at radius 1 is 1.36 bits per heavy atom. The minimum absolute atomic E-state index is 0. The van der Waals surface area contributed by atoms with Gasteiger partial charge in [-0.05, 0) is 19.3 Å². The van der Waals surface area contributed by atoms with Crippen LogP contribution in [-0.4, -0.2) is 50.2 Å². The quantitative estimate of drug-likeness (QED) is 0.731. The molecule has 1 aliphatic heterocycles. The third kappa shape index (κ3) is 3.58. The molecule has 4 N–H and O–H groups in total. The molecule has 1 fully saturated rings. The zero-order valence-corrected chi connectivity index (χ0v) is 15.1. The number of carbonyl (C=O) groups excluding carboxylic acids is 1. The van der Waals surface area contributed by atoms with Crippen molar-refractivity contribution in [2.24, 2.45) is 5.73 Å². The molecule has 25 heavy (non-hydrogen) atoms. The van der Waals surface area contributed by atoms with Gasteiger partial charge in [-0.1, -0.05) is 0 Å². The molecule has 0 bridgehead atoms. The van der Waals surface area contributed by atoms with E-state index in [1.807, 2.05) is 11.1 Å². The van der Waals surface area contributed by atoms with Crippen LogP contribution in [0.1, 0.15) is 19.3 Å².